The number of pyridine rings is 1. The van der Waals surface area contributed by atoms with Gasteiger partial charge in [0.2, 0.25) is 0 Å². The maximum atomic E-state index is 6.04. The first-order chi connectivity index (χ1) is 10.3. The Balaban J connectivity index is 1.90. The second-order valence-electron chi connectivity index (χ2n) is 4.72. The third-order valence-corrected chi connectivity index (χ3v) is 4.04. The molecular formula is C17H15BrN2O. The molecule has 0 radical (unpaired) electrons. The Morgan fingerprint density at radius 3 is 2.76 bits per heavy atom. The summed E-state index contributed by atoms with van der Waals surface area (Å²) >= 11 is 3.54. The summed E-state index contributed by atoms with van der Waals surface area (Å²) in [6.45, 7) is 0.406. The van der Waals surface area contributed by atoms with Crippen LogP contribution >= 0.6 is 15.9 Å². The Morgan fingerprint density at radius 2 is 1.95 bits per heavy atom. The molecule has 0 bridgehead atoms. The van der Waals surface area contributed by atoms with Gasteiger partial charge in [-0.3, -0.25) is 4.98 Å². The predicted octanol–water partition coefficient (Wildman–Crippen LogP) is 4.08. The number of rotatable bonds is 4. The zero-order chi connectivity index (χ0) is 14.7. The van der Waals surface area contributed by atoms with Crippen molar-refractivity contribution in [3.05, 3.63) is 70.8 Å². The first-order valence-electron chi connectivity index (χ1n) is 6.74. The molecule has 1 unspecified atom stereocenters. The van der Waals surface area contributed by atoms with E-state index in [-0.39, 0.29) is 6.10 Å². The fourth-order valence-corrected chi connectivity index (χ4v) is 2.80. The van der Waals surface area contributed by atoms with Gasteiger partial charge < -0.3 is 10.5 Å². The lowest BCUT2D eigenvalue weighted by atomic mass is 10.1. The molecule has 0 saturated heterocycles. The third-order valence-electron chi connectivity index (χ3n) is 3.32. The van der Waals surface area contributed by atoms with Crippen LogP contribution in [0.4, 0.5) is 0 Å². The average Bonchev–Trinajstić information content (AvgIpc) is 2.53. The van der Waals surface area contributed by atoms with Gasteiger partial charge in [0, 0.05) is 34.2 Å². The van der Waals surface area contributed by atoms with Crippen LogP contribution in [0.5, 0.6) is 5.75 Å². The minimum Gasteiger partial charge on any atom is -0.484 e. The number of fused-ring (bicyclic) bond motifs is 1. The zero-order valence-corrected chi connectivity index (χ0v) is 13.0. The lowest BCUT2D eigenvalue weighted by Crippen LogP contribution is -2.18. The minimum atomic E-state index is -0.193. The monoisotopic (exact) mass is 342 g/mol. The van der Waals surface area contributed by atoms with E-state index in [4.69, 9.17) is 10.5 Å². The van der Waals surface area contributed by atoms with Gasteiger partial charge in [-0.15, -0.1) is 0 Å². The zero-order valence-electron chi connectivity index (χ0n) is 11.4. The van der Waals surface area contributed by atoms with E-state index in [1.54, 1.807) is 6.20 Å². The van der Waals surface area contributed by atoms with Crippen molar-refractivity contribution in [2.75, 3.05) is 6.54 Å². The standard InChI is InChI=1S/C17H15BrN2O/c18-15-6-2-1-5-14(15)17(11-19)21-13-8-7-12-4-3-9-20-16(12)10-13/h1-10,17H,11,19H2. The van der Waals surface area contributed by atoms with Gasteiger partial charge in [-0.1, -0.05) is 40.2 Å². The molecule has 0 saturated carbocycles. The van der Waals surface area contributed by atoms with Crippen LogP contribution in [0, 0.1) is 0 Å². The number of ether oxygens (including phenoxy) is 1. The van der Waals surface area contributed by atoms with E-state index in [0.717, 1.165) is 26.7 Å². The Morgan fingerprint density at radius 1 is 1.10 bits per heavy atom. The molecule has 0 aliphatic carbocycles. The first-order valence-corrected chi connectivity index (χ1v) is 7.53. The Bertz CT molecular complexity index is 760. The van der Waals surface area contributed by atoms with E-state index in [9.17, 15) is 0 Å². The maximum Gasteiger partial charge on any atom is 0.137 e. The normalized spacial score (nSPS) is 12.3. The Hall–Kier alpha value is -1.91. The summed E-state index contributed by atoms with van der Waals surface area (Å²) in [4.78, 5) is 4.34. The van der Waals surface area contributed by atoms with Crippen LogP contribution in [0.15, 0.2) is 65.3 Å². The fraction of sp³-hybridized carbons (Fsp3) is 0.118. The second kappa shape index (κ2) is 6.24. The van der Waals surface area contributed by atoms with Gasteiger partial charge in [0.05, 0.1) is 5.52 Å². The van der Waals surface area contributed by atoms with E-state index < -0.39 is 0 Å². The molecule has 0 amide bonds. The van der Waals surface area contributed by atoms with Crippen molar-refractivity contribution in [1.29, 1.82) is 0 Å². The number of hydrogen-bond acceptors (Lipinski definition) is 3. The van der Waals surface area contributed by atoms with Crippen molar-refractivity contribution in [2.24, 2.45) is 5.73 Å². The van der Waals surface area contributed by atoms with Crippen molar-refractivity contribution in [3.8, 4) is 5.75 Å². The van der Waals surface area contributed by atoms with Crippen molar-refractivity contribution in [1.82, 2.24) is 4.98 Å². The summed E-state index contributed by atoms with van der Waals surface area (Å²) < 4.78 is 7.04. The quantitative estimate of drug-likeness (QED) is 0.777. The number of benzene rings is 2. The highest BCUT2D eigenvalue weighted by atomic mass is 79.9. The van der Waals surface area contributed by atoms with Gasteiger partial charge >= 0.3 is 0 Å². The van der Waals surface area contributed by atoms with Crippen LogP contribution in [0.1, 0.15) is 11.7 Å². The van der Waals surface area contributed by atoms with Gasteiger partial charge in [-0.05, 0) is 24.3 Å². The minimum absolute atomic E-state index is 0.193. The maximum absolute atomic E-state index is 6.04. The molecule has 2 N–H and O–H groups in total. The SMILES string of the molecule is NCC(Oc1ccc2cccnc2c1)c1ccccc1Br. The molecule has 21 heavy (non-hydrogen) atoms. The lowest BCUT2D eigenvalue weighted by Gasteiger charge is -2.19. The summed E-state index contributed by atoms with van der Waals surface area (Å²) in [7, 11) is 0. The van der Waals surface area contributed by atoms with Crippen molar-refractivity contribution >= 4 is 26.8 Å². The molecule has 1 heterocycles. The highest BCUT2D eigenvalue weighted by molar-refractivity contribution is 9.10. The van der Waals surface area contributed by atoms with E-state index in [1.165, 1.54) is 0 Å². The Labute approximate surface area is 131 Å². The van der Waals surface area contributed by atoms with Gasteiger partial charge in [-0.25, -0.2) is 0 Å². The summed E-state index contributed by atoms with van der Waals surface area (Å²) in [5.74, 6) is 0.771. The summed E-state index contributed by atoms with van der Waals surface area (Å²) in [5, 5.41) is 1.09. The first kappa shape index (κ1) is 14.0. The van der Waals surface area contributed by atoms with Gasteiger partial charge in [0.15, 0.2) is 0 Å². The summed E-state index contributed by atoms with van der Waals surface area (Å²) in [6, 6.07) is 17.8. The smallest absolute Gasteiger partial charge is 0.137 e. The third kappa shape index (κ3) is 3.06. The molecule has 3 aromatic rings. The highest BCUT2D eigenvalue weighted by Gasteiger charge is 2.14. The molecule has 106 valence electrons. The van der Waals surface area contributed by atoms with Crippen LogP contribution in [0.3, 0.4) is 0 Å². The van der Waals surface area contributed by atoms with E-state index in [2.05, 4.69) is 20.9 Å². The molecule has 3 rings (SSSR count). The number of aromatic nitrogens is 1. The molecule has 0 fully saturated rings. The average molecular weight is 343 g/mol. The number of nitrogens with two attached hydrogens (primary N) is 1. The molecule has 2 aromatic carbocycles. The van der Waals surface area contributed by atoms with Gasteiger partial charge in [0.1, 0.15) is 11.9 Å². The summed E-state index contributed by atoms with van der Waals surface area (Å²) in [5.41, 5.74) is 7.83. The number of nitrogens with zero attached hydrogens (tertiary/aromatic N) is 1. The molecule has 0 spiro atoms. The molecular weight excluding hydrogens is 328 g/mol. The lowest BCUT2D eigenvalue weighted by molar-refractivity contribution is 0.214. The van der Waals surface area contributed by atoms with Crippen LogP contribution < -0.4 is 10.5 Å². The second-order valence-corrected chi connectivity index (χ2v) is 5.58. The van der Waals surface area contributed by atoms with Crippen LogP contribution in [0.2, 0.25) is 0 Å². The van der Waals surface area contributed by atoms with Crippen LogP contribution in [0.25, 0.3) is 10.9 Å². The predicted molar refractivity (Wildman–Crippen MR) is 88.3 cm³/mol. The molecule has 0 aliphatic rings. The largest absolute Gasteiger partial charge is 0.484 e. The molecule has 1 atom stereocenters. The molecule has 1 aromatic heterocycles. The fourth-order valence-electron chi connectivity index (χ4n) is 2.26. The van der Waals surface area contributed by atoms with Crippen molar-refractivity contribution in [2.45, 2.75) is 6.10 Å². The Kier molecular flexibility index (Phi) is 4.18. The van der Waals surface area contributed by atoms with Crippen molar-refractivity contribution < 1.29 is 4.74 Å². The number of halogens is 1. The summed E-state index contributed by atoms with van der Waals surface area (Å²) in [6.07, 6.45) is 1.59. The molecule has 3 nitrogen and oxygen atoms in total. The van der Waals surface area contributed by atoms with Crippen LogP contribution in [-0.4, -0.2) is 11.5 Å². The van der Waals surface area contributed by atoms with E-state index >= 15 is 0 Å². The van der Waals surface area contributed by atoms with Crippen LogP contribution in [-0.2, 0) is 0 Å². The highest BCUT2D eigenvalue weighted by Crippen LogP contribution is 2.28. The van der Waals surface area contributed by atoms with Crippen molar-refractivity contribution in [3.63, 3.8) is 0 Å². The topological polar surface area (TPSA) is 48.1 Å². The molecule has 0 aliphatic heterocycles. The van der Waals surface area contributed by atoms with Gasteiger partial charge in [-0.2, -0.15) is 0 Å². The number of hydrogen-bond donors (Lipinski definition) is 1. The van der Waals surface area contributed by atoms with Gasteiger partial charge in [0.25, 0.3) is 0 Å². The van der Waals surface area contributed by atoms with E-state index in [1.807, 2.05) is 54.6 Å². The van der Waals surface area contributed by atoms with E-state index in [0.29, 0.717) is 6.54 Å². The molecule has 4 heteroatoms.